The maximum Gasteiger partial charge on any atom is 0.158 e. The fourth-order valence-corrected chi connectivity index (χ4v) is 3.05. The molecule has 3 rings (SSSR count). The van der Waals surface area contributed by atoms with Gasteiger partial charge in [-0.25, -0.2) is 9.67 Å². The van der Waals surface area contributed by atoms with Gasteiger partial charge in [0.05, 0.1) is 0 Å². The summed E-state index contributed by atoms with van der Waals surface area (Å²) in [5.74, 6) is 2.46. The predicted molar refractivity (Wildman–Crippen MR) is 81.4 cm³/mol. The van der Waals surface area contributed by atoms with E-state index < -0.39 is 0 Å². The first-order chi connectivity index (χ1) is 9.65. The quantitative estimate of drug-likeness (QED) is 0.851. The van der Waals surface area contributed by atoms with Gasteiger partial charge in [0, 0.05) is 24.2 Å². The number of benzene rings is 1. The van der Waals surface area contributed by atoms with Gasteiger partial charge in [-0.2, -0.15) is 5.10 Å². The summed E-state index contributed by atoms with van der Waals surface area (Å²) < 4.78 is 1.89. The molecule has 106 valence electrons. The summed E-state index contributed by atoms with van der Waals surface area (Å²) in [6.07, 6.45) is 6.40. The first-order valence-corrected chi connectivity index (χ1v) is 7.42. The third-order valence-electron chi connectivity index (χ3n) is 4.25. The Balaban J connectivity index is 1.98. The molecule has 2 aromatic rings. The van der Waals surface area contributed by atoms with E-state index in [-0.39, 0.29) is 0 Å². The number of aryl methyl sites for hydroxylation is 2. The van der Waals surface area contributed by atoms with Crippen molar-refractivity contribution in [1.29, 1.82) is 0 Å². The number of aromatic nitrogens is 3. The minimum atomic E-state index is 0.532. The van der Waals surface area contributed by atoms with Gasteiger partial charge in [-0.05, 0) is 37.5 Å². The second-order valence-corrected chi connectivity index (χ2v) is 5.83. The number of rotatable bonds is 2. The first kappa shape index (κ1) is 13.2. The van der Waals surface area contributed by atoms with Gasteiger partial charge < -0.3 is 5.73 Å². The van der Waals surface area contributed by atoms with Crippen LogP contribution in [0.4, 0.5) is 5.69 Å². The van der Waals surface area contributed by atoms with Gasteiger partial charge in [0.2, 0.25) is 0 Å². The molecular weight excluding hydrogens is 248 g/mol. The zero-order valence-corrected chi connectivity index (χ0v) is 12.3. The van der Waals surface area contributed by atoms with E-state index >= 15 is 0 Å². The summed E-state index contributed by atoms with van der Waals surface area (Å²) in [6, 6.07) is 5.96. The number of nitrogen functional groups attached to an aromatic ring is 1. The molecule has 1 saturated carbocycles. The van der Waals surface area contributed by atoms with Crippen LogP contribution in [0, 0.1) is 6.92 Å². The summed E-state index contributed by atoms with van der Waals surface area (Å²) in [7, 11) is 1.97. The molecule has 4 heteroatoms. The largest absolute Gasteiger partial charge is 0.399 e. The van der Waals surface area contributed by atoms with Crippen molar-refractivity contribution >= 4 is 5.69 Å². The maximum atomic E-state index is 5.91. The summed E-state index contributed by atoms with van der Waals surface area (Å²) in [5.41, 5.74) is 8.95. The van der Waals surface area contributed by atoms with Gasteiger partial charge in [-0.15, -0.1) is 0 Å². The Bertz CT molecular complexity index is 609. The molecule has 1 fully saturated rings. The van der Waals surface area contributed by atoms with Crippen molar-refractivity contribution in [3.63, 3.8) is 0 Å². The zero-order valence-electron chi connectivity index (χ0n) is 12.3. The highest BCUT2D eigenvalue weighted by Gasteiger charge is 2.21. The SMILES string of the molecule is Cc1ccc(N)cc1-c1nc(C2CCCCC2)nn1C. The van der Waals surface area contributed by atoms with Crippen LogP contribution < -0.4 is 5.73 Å². The van der Waals surface area contributed by atoms with Crippen LogP contribution in [0.5, 0.6) is 0 Å². The Hall–Kier alpha value is -1.84. The summed E-state index contributed by atoms with van der Waals surface area (Å²) >= 11 is 0. The molecule has 0 unspecified atom stereocenters. The molecule has 20 heavy (non-hydrogen) atoms. The summed E-state index contributed by atoms with van der Waals surface area (Å²) in [6.45, 7) is 2.09. The highest BCUT2D eigenvalue weighted by Crippen LogP contribution is 2.32. The van der Waals surface area contributed by atoms with E-state index in [1.54, 1.807) is 0 Å². The molecule has 1 aliphatic rings. The number of nitrogens with zero attached hydrogens (tertiary/aromatic N) is 3. The van der Waals surface area contributed by atoms with Gasteiger partial charge >= 0.3 is 0 Å². The van der Waals surface area contributed by atoms with Crippen LogP contribution in [0.3, 0.4) is 0 Å². The molecule has 1 heterocycles. The zero-order chi connectivity index (χ0) is 14.1. The van der Waals surface area contributed by atoms with Crippen LogP contribution in [0.1, 0.15) is 49.4 Å². The molecule has 1 aliphatic carbocycles. The topological polar surface area (TPSA) is 56.7 Å². The lowest BCUT2D eigenvalue weighted by Crippen LogP contribution is -2.06. The van der Waals surface area contributed by atoms with Crippen molar-refractivity contribution in [2.75, 3.05) is 5.73 Å². The monoisotopic (exact) mass is 270 g/mol. The molecule has 0 spiro atoms. The van der Waals surface area contributed by atoms with E-state index in [0.717, 1.165) is 22.9 Å². The fraction of sp³-hybridized carbons (Fsp3) is 0.500. The van der Waals surface area contributed by atoms with Crippen molar-refractivity contribution in [3.8, 4) is 11.4 Å². The molecule has 0 amide bonds. The molecular formula is C16H22N4. The third-order valence-corrected chi connectivity index (χ3v) is 4.25. The standard InChI is InChI=1S/C16H22N4/c1-11-8-9-13(17)10-14(11)16-18-15(19-20(16)2)12-6-4-3-5-7-12/h8-10,12H,3-7,17H2,1-2H3. The van der Waals surface area contributed by atoms with E-state index in [0.29, 0.717) is 5.92 Å². The molecule has 2 N–H and O–H groups in total. The predicted octanol–water partition coefficient (Wildman–Crippen LogP) is 3.42. The molecule has 4 nitrogen and oxygen atoms in total. The van der Waals surface area contributed by atoms with Gasteiger partial charge in [-0.3, -0.25) is 0 Å². The molecule has 0 saturated heterocycles. The average molecular weight is 270 g/mol. The Morgan fingerprint density at radius 1 is 1.20 bits per heavy atom. The Labute approximate surface area is 120 Å². The lowest BCUT2D eigenvalue weighted by Gasteiger charge is -2.18. The molecule has 1 aromatic heterocycles. The van der Waals surface area contributed by atoms with E-state index in [1.165, 1.54) is 37.7 Å². The van der Waals surface area contributed by atoms with E-state index in [2.05, 4.69) is 12.0 Å². The number of anilines is 1. The minimum absolute atomic E-state index is 0.532. The molecule has 0 aliphatic heterocycles. The van der Waals surface area contributed by atoms with E-state index in [4.69, 9.17) is 10.7 Å². The first-order valence-electron chi connectivity index (χ1n) is 7.42. The fourth-order valence-electron chi connectivity index (χ4n) is 3.05. The summed E-state index contributed by atoms with van der Waals surface area (Å²) in [5, 5.41) is 4.65. The summed E-state index contributed by atoms with van der Waals surface area (Å²) in [4.78, 5) is 4.80. The van der Waals surface area contributed by atoms with E-state index in [1.807, 2.05) is 29.9 Å². The van der Waals surface area contributed by atoms with Crippen LogP contribution in [0.25, 0.3) is 11.4 Å². The van der Waals surface area contributed by atoms with Crippen molar-refractivity contribution < 1.29 is 0 Å². The maximum absolute atomic E-state index is 5.91. The van der Waals surface area contributed by atoms with Crippen LogP contribution >= 0.6 is 0 Å². The number of hydrogen-bond acceptors (Lipinski definition) is 3. The highest BCUT2D eigenvalue weighted by atomic mass is 15.3. The van der Waals surface area contributed by atoms with Gasteiger partial charge in [0.15, 0.2) is 11.6 Å². The van der Waals surface area contributed by atoms with Crippen molar-refractivity contribution in [2.45, 2.75) is 44.9 Å². The number of hydrogen-bond donors (Lipinski definition) is 1. The smallest absolute Gasteiger partial charge is 0.158 e. The Morgan fingerprint density at radius 2 is 1.95 bits per heavy atom. The Morgan fingerprint density at radius 3 is 2.70 bits per heavy atom. The lowest BCUT2D eigenvalue weighted by atomic mass is 9.89. The van der Waals surface area contributed by atoms with Crippen LogP contribution in [0.15, 0.2) is 18.2 Å². The molecule has 1 aromatic carbocycles. The van der Waals surface area contributed by atoms with Crippen molar-refractivity contribution in [1.82, 2.24) is 14.8 Å². The lowest BCUT2D eigenvalue weighted by molar-refractivity contribution is 0.427. The average Bonchev–Trinajstić information content (AvgIpc) is 2.84. The molecule has 0 bridgehead atoms. The van der Waals surface area contributed by atoms with Crippen LogP contribution in [-0.4, -0.2) is 14.8 Å². The highest BCUT2D eigenvalue weighted by molar-refractivity contribution is 5.65. The third kappa shape index (κ3) is 2.42. The number of nitrogens with two attached hydrogens (primary N) is 1. The Kier molecular flexibility index (Phi) is 3.47. The van der Waals surface area contributed by atoms with Gasteiger partial charge in [0.1, 0.15) is 0 Å². The van der Waals surface area contributed by atoms with Crippen LogP contribution in [-0.2, 0) is 7.05 Å². The second-order valence-electron chi connectivity index (χ2n) is 5.83. The minimum Gasteiger partial charge on any atom is -0.399 e. The van der Waals surface area contributed by atoms with Crippen LogP contribution in [0.2, 0.25) is 0 Å². The molecule has 0 atom stereocenters. The van der Waals surface area contributed by atoms with Gasteiger partial charge in [0.25, 0.3) is 0 Å². The van der Waals surface area contributed by atoms with Gasteiger partial charge in [-0.1, -0.05) is 25.3 Å². The molecule has 0 radical (unpaired) electrons. The normalized spacial score (nSPS) is 16.5. The van der Waals surface area contributed by atoms with Crippen molar-refractivity contribution in [3.05, 3.63) is 29.6 Å². The second kappa shape index (κ2) is 5.27. The van der Waals surface area contributed by atoms with Crippen molar-refractivity contribution in [2.24, 2.45) is 7.05 Å². The van der Waals surface area contributed by atoms with E-state index in [9.17, 15) is 0 Å².